The molecule has 8 heteroatoms. The van der Waals surface area contributed by atoms with Crippen molar-refractivity contribution in [3.05, 3.63) is 24.0 Å². The highest BCUT2D eigenvalue weighted by Crippen LogP contribution is 2.34. The Bertz CT molecular complexity index is 740. The maximum atomic E-state index is 14.8. The summed E-state index contributed by atoms with van der Waals surface area (Å²) in [6, 6.07) is 4.68. The highest BCUT2D eigenvalue weighted by molar-refractivity contribution is 5.90. The quantitative estimate of drug-likeness (QED) is 0.835. The summed E-state index contributed by atoms with van der Waals surface area (Å²) >= 11 is 0. The maximum Gasteiger partial charge on any atom is 0.414 e. The number of halogens is 1. The second-order valence-corrected chi connectivity index (χ2v) is 7.90. The van der Waals surface area contributed by atoms with Crippen molar-refractivity contribution in [1.29, 1.82) is 0 Å². The van der Waals surface area contributed by atoms with Crippen LogP contribution in [0.5, 0.6) is 0 Å². The molecule has 7 nitrogen and oxygen atoms in total. The van der Waals surface area contributed by atoms with Gasteiger partial charge in [0.1, 0.15) is 11.9 Å². The third-order valence-electron chi connectivity index (χ3n) is 5.21. The van der Waals surface area contributed by atoms with Crippen molar-refractivity contribution >= 4 is 23.4 Å². The fourth-order valence-corrected chi connectivity index (χ4v) is 3.57. The van der Waals surface area contributed by atoms with Crippen LogP contribution in [0.4, 0.5) is 20.6 Å². The first-order valence-corrected chi connectivity index (χ1v) is 9.12. The van der Waals surface area contributed by atoms with Crippen LogP contribution in [0.25, 0.3) is 0 Å². The number of piperidine rings is 1. The van der Waals surface area contributed by atoms with Crippen LogP contribution in [0.15, 0.2) is 18.2 Å². The summed E-state index contributed by atoms with van der Waals surface area (Å²) in [5.74, 6) is -0.618. The van der Waals surface area contributed by atoms with Crippen molar-refractivity contribution in [2.24, 2.45) is 5.41 Å². The second-order valence-electron chi connectivity index (χ2n) is 7.90. The number of nitrogens with one attached hydrogen (secondary N) is 1. The molecule has 2 aliphatic heterocycles. The fraction of sp³-hybridized carbons (Fsp3) is 0.579. The molecular weight excluding hydrogens is 353 g/mol. The van der Waals surface area contributed by atoms with E-state index in [2.05, 4.69) is 5.32 Å². The monoisotopic (exact) mass is 379 g/mol. The number of nitrogens with zero attached hydrogens (tertiary/aromatic N) is 2. The van der Waals surface area contributed by atoms with Gasteiger partial charge in [-0.05, 0) is 24.6 Å². The Labute approximate surface area is 158 Å². The summed E-state index contributed by atoms with van der Waals surface area (Å²) in [4.78, 5) is 26.4. The van der Waals surface area contributed by atoms with Crippen LogP contribution < -0.4 is 15.1 Å². The van der Waals surface area contributed by atoms with Crippen LogP contribution in [0.3, 0.4) is 0 Å². The molecule has 1 aromatic rings. The lowest BCUT2D eigenvalue weighted by Crippen LogP contribution is -2.48. The van der Waals surface area contributed by atoms with Gasteiger partial charge >= 0.3 is 6.09 Å². The van der Waals surface area contributed by atoms with Gasteiger partial charge in [0.2, 0.25) is 5.91 Å². The SMILES string of the molecule is CC(=O)NCC1CN(c2ccc(N3CCC(O)C(C)(C)C3)c(F)c2)C(=O)O1. The molecule has 2 heterocycles. The molecule has 0 aliphatic carbocycles. The van der Waals surface area contributed by atoms with Crippen molar-refractivity contribution in [2.75, 3.05) is 36.0 Å². The van der Waals surface area contributed by atoms with Gasteiger partial charge in [0.15, 0.2) is 0 Å². The molecule has 2 amide bonds. The number of ether oxygens (including phenoxy) is 1. The van der Waals surface area contributed by atoms with Gasteiger partial charge < -0.3 is 20.1 Å². The topological polar surface area (TPSA) is 82.1 Å². The average molecular weight is 379 g/mol. The van der Waals surface area contributed by atoms with E-state index in [0.29, 0.717) is 30.9 Å². The third kappa shape index (κ3) is 4.16. The zero-order valence-corrected chi connectivity index (χ0v) is 15.9. The molecular formula is C19H26FN3O4. The highest BCUT2D eigenvalue weighted by Gasteiger charge is 2.36. The van der Waals surface area contributed by atoms with Crippen molar-refractivity contribution in [2.45, 2.75) is 39.4 Å². The zero-order chi connectivity index (χ0) is 19.8. The van der Waals surface area contributed by atoms with Gasteiger partial charge in [0.05, 0.1) is 30.6 Å². The second kappa shape index (κ2) is 7.34. The number of hydrogen-bond acceptors (Lipinski definition) is 5. The minimum Gasteiger partial charge on any atom is -0.442 e. The number of aliphatic hydroxyl groups is 1. The molecule has 0 saturated carbocycles. The maximum absolute atomic E-state index is 14.8. The van der Waals surface area contributed by atoms with Gasteiger partial charge in [-0.3, -0.25) is 9.69 Å². The van der Waals surface area contributed by atoms with Gasteiger partial charge in [-0.15, -0.1) is 0 Å². The lowest BCUT2D eigenvalue weighted by Gasteiger charge is -2.43. The van der Waals surface area contributed by atoms with Gasteiger partial charge in [-0.25, -0.2) is 9.18 Å². The van der Waals surface area contributed by atoms with Crippen molar-refractivity contribution in [3.63, 3.8) is 0 Å². The summed E-state index contributed by atoms with van der Waals surface area (Å²) in [5, 5.41) is 12.7. The summed E-state index contributed by atoms with van der Waals surface area (Å²) in [6.45, 7) is 6.92. The number of cyclic esters (lactones) is 1. The third-order valence-corrected chi connectivity index (χ3v) is 5.21. The Hall–Kier alpha value is -2.35. The molecule has 2 N–H and O–H groups in total. The number of carbonyl (C=O) groups excluding carboxylic acids is 2. The van der Waals surface area contributed by atoms with Crippen molar-refractivity contribution in [1.82, 2.24) is 5.32 Å². The molecule has 148 valence electrons. The zero-order valence-electron chi connectivity index (χ0n) is 15.9. The van der Waals surface area contributed by atoms with Gasteiger partial charge in [-0.1, -0.05) is 13.8 Å². The first-order chi connectivity index (χ1) is 12.7. The molecule has 2 atom stereocenters. The van der Waals surface area contributed by atoms with Crippen LogP contribution in [-0.4, -0.2) is 55.5 Å². The Morgan fingerprint density at radius 3 is 2.81 bits per heavy atom. The number of hydrogen-bond donors (Lipinski definition) is 2. The largest absolute Gasteiger partial charge is 0.442 e. The molecule has 1 aromatic carbocycles. The lowest BCUT2D eigenvalue weighted by molar-refractivity contribution is -0.119. The van der Waals surface area contributed by atoms with Gasteiger partial charge in [-0.2, -0.15) is 0 Å². The number of amides is 2. The molecule has 2 aliphatic rings. The van der Waals surface area contributed by atoms with Crippen LogP contribution in [-0.2, 0) is 9.53 Å². The Morgan fingerprint density at radius 2 is 2.19 bits per heavy atom. The number of aliphatic hydroxyl groups excluding tert-OH is 1. The first kappa shape index (κ1) is 19.4. The normalized spacial score (nSPS) is 24.7. The smallest absolute Gasteiger partial charge is 0.414 e. The number of benzene rings is 1. The van der Waals surface area contributed by atoms with Crippen LogP contribution in [0, 0.1) is 11.2 Å². The Kier molecular flexibility index (Phi) is 5.28. The summed E-state index contributed by atoms with van der Waals surface area (Å²) in [5.41, 5.74) is 0.558. The number of rotatable bonds is 4. The molecule has 2 saturated heterocycles. The Morgan fingerprint density at radius 1 is 1.44 bits per heavy atom. The number of carbonyl (C=O) groups is 2. The van der Waals surface area contributed by atoms with Crippen molar-refractivity contribution in [3.8, 4) is 0 Å². The predicted molar refractivity (Wildman–Crippen MR) is 99.3 cm³/mol. The summed E-state index contributed by atoms with van der Waals surface area (Å²) in [6.07, 6.45) is -0.846. The van der Waals surface area contributed by atoms with E-state index >= 15 is 0 Å². The van der Waals surface area contributed by atoms with Crippen LogP contribution >= 0.6 is 0 Å². The van der Waals surface area contributed by atoms with E-state index < -0.39 is 24.1 Å². The minimum atomic E-state index is -0.556. The summed E-state index contributed by atoms with van der Waals surface area (Å²) in [7, 11) is 0. The summed E-state index contributed by atoms with van der Waals surface area (Å²) < 4.78 is 20.0. The van der Waals surface area contributed by atoms with Crippen LogP contribution in [0.2, 0.25) is 0 Å². The van der Waals surface area contributed by atoms with E-state index in [9.17, 15) is 19.1 Å². The van der Waals surface area contributed by atoms with Crippen LogP contribution in [0.1, 0.15) is 27.2 Å². The highest BCUT2D eigenvalue weighted by atomic mass is 19.1. The van der Waals surface area contributed by atoms with Gasteiger partial charge in [0.25, 0.3) is 0 Å². The molecule has 0 radical (unpaired) electrons. The van der Waals surface area contributed by atoms with E-state index in [-0.39, 0.29) is 24.4 Å². The molecule has 2 unspecified atom stereocenters. The first-order valence-electron chi connectivity index (χ1n) is 9.12. The van der Waals surface area contributed by atoms with E-state index in [1.165, 1.54) is 17.9 Å². The predicted octanol–water partition coefficient (Wildman–Crippen LogP) is 1.88. The van der Waals surface area contributed by atoms with E-state index in [1.807, 2.05) is 18.7 Å². The average Bonchev–Trinajstić information content (AvgIpc) is 2.96. The molecule has 3 rings (SSSR count). The molecule has 27 heavy (non-hydrogen) atoms. The molecule has 0 bridgehead atoms. The Balaban J connectivity index is 1.72. The lowest BCUT2D eigenvalue weighted by atomic mass is 9.81. The van der Waals surface area contributed by atoms with Gasteiger partial charge in [0, 0.05) is 25.4 Å². The number of anilines is 2. The van der Waals surface area contributed by atoms with E-state index in [1.54, 1.807) is 12.1 Å². The van der Waals surface area contributed by atoms with E-state index in [0.717, 1.165) is 0 Å². The van der Waals surface area contributed by atoms with Crippen molar-refractivity contribution < 1.29 is 23.8 Å². The standard InChI is InChI=1S/C19H26FN3O4/c1-12(24)21-9-14-10-23(18(26)27-14)13-4-5-16(15(20)8-13)22-7-6-17(25)19(2,3)11-22/h4-5,8,14,17,25H,6-7,9-11H2,1-3H3,(H,21,24). The molecule has 0 aromatic heterocycles. The molecule has 2 fully saturated rings. The molecule has 0 spiro atoms. The van der Waals surface area contributed by atoms with E-state index in [4.69, 9.17) is 4.74 Å². The fourth-order valence-electron chi connectivity index (χ4n) is 3.57. The minimum absolute atomic E-state index is 0.200.